The Hall–Kier alpha value is -1.77. The molecule has 0 aliphatic heterocycles. The van der Waals surface area contributed by atoms with Crippen molar-refractivity contribution >= 4 is 19.7 Å². The number of unbranched alkanes of at least 4 members (excludes halogenated alkanes) is 19. The normalized spacial score (nSPS) is 13.7. The zero-order valence-electron chi connectivity index (χ0n) is 32.5. The molecule has 9 nitrogen and oxygen atoms in total. The Morgan fingerprint density at radius 2 is 1.08 bits per heavy atom. The Balaban J connectivity index is 3.64. The van der Waals surface area contributed by atoms with Crippen LogP contribution in [0, 0.1) is 0 Å². The summed E-state index contributed by atoms with van der Waals surface area (Å²) in [4.78, 5) is 33.8. The number of hydrogen-bond donors (Lipinski definition) is 3. The number of hydrogen-bond acceptors (Lipinski definition) is 7. The van der Waals surface area contributed by atoms with Gasteiger partial charge in [0, 0.05) is 19.4 Å². The molecule has 0 aromatic carbocycles. The van der Waals surface area contributed by atoms with Crippen molar-refractivity contribution in [1.29, 1.82) is 0 Å². The Bertz CT molecular complexity index is 939. The van der Waals surface area contributed by atoms with Gasteiger partial charge in [0.25, 0.3) is 0 Å². The number of allylic oxidation sites excluding steroid dienone is 6. The first kappa shape index (κ1) is 49.2. The lowest BCUT2D eigenvalue weighted by Gasteiger charge is -2.15. The highest BCUT2D eigenvalue weighted by atomic mass is 31.2. The standard InChI is InChI=1S/C41H76NO8P/c1-3-5-7-9-11-13-15-17-19-20-21-23-25-27-29-31-33-40(44)42-35-36-49-51(46,47)50-38-39(43)37-48-41(45)34-32-30-28-26-24-22-18-16-14-12-10-8-6-4-2/h10,12,16,18-20,39,43H,3-9,11,13-15,17,21-38H2,1-2H3,(H,42,44)(H,46,47)/b12-10-,18-16-,20-19-. The number of carbonyl (C=O) groups excluding carboxylic acids is 2. The molecule has 0 heterocycles. The summed E-state index contributed by atoms with van der Waals surface area (Å²) in [6.45, 7) is 3.48. The summed E-state index contributed by atoms with van der Waals surface area (Å²) in [6.07, 6.45) is 40.7. The minimum absolute atomic E-state index is 0.0756. The van der Waals surface area contributed by atoms with Crippen LogP contribution in [0.2, 0.25) is 0 Å². The van der Waals surface area contributed by atoms with Crippen molar-refractivity contribution in [2.24, 2.45) is 0 Å². The molecule has 0 spiro atoms. The van der Waals surface area contributed by atoms with Crippen LogP contribution in [-0.4, -0.2) is 54.3 Å². The average molecular weight is 742 g/mol. The van der Waals surface area contributed by atoms with Gasteiger partial charge >= 0.3 is 13.8 Å². The van der Waals surface area contributed by atoms with Gasteiger partial charge in [-0.3, -0.25) is 18.6 Å². The van der Waals surface area contributed by atoms with Crippen molar-refractivity contribution < 1.29 is 37.9 Å². The average Bonchev–Trinajstić information content (AvgIpc) is 3.11. The lowest BCUT2D eigenvalue weighted by Crippen LogP contribution is -2.27. The van der Waals surface area contributed by atoms with Crippen LogP contribution in [-0.2, 0) is 27.9 Å². The molecule has 2 unspecified atom stereocenters. The maximum Gasteiger partial charge on any atom is 0.472 e. The molecule has 0 bridgehead atoms. The van der Waals surface area contributed by atoms with E-state index in [1.54, 1.807) is 0 Å². The minimum atomic E-state index is -4.42. The lowest BCUT2D eigenvalue weighted by atomic mass is 10.1. The van der Waals surface area contributed by atoms with E-state index in [-0.39, 0.29) is 32.1 Å². The predicted molar refractivity (Wildman–Crippen MR) is 211 cm³/mol. The largest absolute Gasteiger partial charge is 0.472 e. The highest BCUT2D eigenvalue weighted by Gasteiger charge is 2.23. The molecule has 1 amide bonds. The van der Waals surface area contributed by atoms with E-state index in [0.717, 1.165) is 83.5 Å². The van der Waals surface area contributed by atoms with E-state index in [0.29, 0.717) is 6.42 Å². The number of rotatable bonds is 38. The molecule has 0 aromatic rings. The molecule has 51 heavy (non-hydrogen) atoms. The van der Waals surface area contributed by atoms with E-state index in [2.05, 4.69) is 55.6 Å². The van der Waals surface area contributed by atoms with Crippen molar-refractivity contribution in [3.63, 3.8) is 0 Å². The fraction of sp³-hybridized carbons (Fsp3) is 0.805. The second-order valence-electron chi connectivity index (χ2n) is 13.6. The molecule has 0 radical (unpaired) electrons. The van der Waals surface area contributed by atoms with Gasteiger partial charge in [-0.25, -0.2) is 4.57 Å². The summed E-state index contributed by atoms with van der Waals surface area (Å²) in [5, 5.41) is 12.7. The van der Waals surface area contributed by atoms with Crippen molar-refractivity contribution in [3.8, 4) is 0 Å². The van der Waals surface area contributed by atoms with Gasteiger partial charge in [-0.15, -0.1) is 0 Å². The van der Waals surface area contributed by atoms with Crippen LogP contribution >= 0.6 is 7.82 Å². The highest BCUT2D eigenvalue weighted by molar-refractivity contribution is 7.47. The molecule has 0 aliphatic rings. The van der Waals surface area contributed by atoms with Crippen LogP contribution in [0.3, 0.4) is 0 Å². The zero-order chi connectivity index (χ0) is 37.5. The molecular formula is C41H76NO8P. The second-order valence-corrected chi connectivity index (χ2v) is 15.1. The Morgan fingerprint density at radius 1 is 0.608 bits per heavy atom. The van der Waals surface area contributed by atoms with E-state index in [9.17, 15) is 24.2 Å². The quantitative estimate of drug-likeness (QED) is 0.0247. The maximum absolute atomic E-state index is 12.1. The van der Waals surface area contributed by atoms with Gasteiger partial charge in [0.1, 0.15) is 12.7 Å². The van der Waals surface area contributed by atoms with Gasteiger partial charge in [0.15, 0.2) is 0 Å². The van der Waals surface area contributed by atoms with Gasteiger partial charge in [-0.2, -0.15) is 0 Å². The molecule has 0 saturated carbocycles. The summed E-state index contributed by atoms with van der Waals surface area (Å²) in [6, 6.07) is 0. The zero-order valence-corrected chi connectivity index (χ0v) is 33.4. The molecule has 10 heteroatoms. The third kappa shape index (κ3) is 39.3. The fourth-order valence-electron chi connectivity index (χ4n) is 5.39. The predicted octanol–water partition coefficient (Wildman–Crippen LogP) is 11.0. The molecule has 0 fully saturated rings. The molecule has 2 atom stereocenters. The van der Waals surface area contributed by atoms with Gasteiger partial charge < -0.3 is 20.1 Å². The number of amides is 1. The van der Waals surface area contributed by atoms with E-state index < -0.39 is 26.5 Å². The fourth-order valence-corrected chi connectivity index (χ4v) is 6.15. The first-order valence-corrected chi connectivity index (χ1v) is 22.0. The van der Waals surface area contributed by atoms with Crippen LogP contribution in [0.4, 0.5) is 0 Å². The number of aliphatic hydroxyl groups excluding tert-OH is 1. The molecular weight excluding hydrogens is 665 g/mol. The topological polar surface area (TPSA) is 131 Å². The molecule has 298 valence electrons. The third-order valence-corrected chi connectivity index (χ3v) is 9.53. The molecule has 3 N–H and O–H groups in total. The van der Waals surface area contributed by atoms with Crippen LogP contribution in [0.5, 0.6) is 0 Å². The summed E-state index contributed by atoms with van der Waals surface area (Å²) in [7, 11) is -4.42. The number of phosphoric acid groups is 1. The molecule has 0 aromatic heterocycles. The smallest absolute Gasteiger partial charge is 0.463 e. The Labute approximate surface area is 312 Å². The Morgan fingerprint density at radius 3 is 1.65 bits per heavy atom. The van der Waals surface area contributed by atoms with Gasteiger partial charge in [-0.1, -0.05) is 140 Å². The summed E-state index contributed by atoms with van der Waals surface area (Å²) in [5.74, 6) is -0.539. The van der Waals surface area contributed by atoms with Crippen molar-refractivity contribution in [1.82, 2.24) is 5.32 Å². The van der Waals surface area contributed by atoms with E-state index in [1.165, 1.54) is 70.6 Å². The van der Waals surface area contributed by atoms with Gasteiger partial charge in [-0.05, 0) is 64.2 Å². The van der Waals surface area contributed by atoms with E-state index in [4.69, 9.17) is 13.8 Å². The van der Waals surface area contributed by atoms with Crippen molar-refractivity contribution in [3.05, 3.63) is 36.5 Å². The third-order valence-electron chi connectivity index (χ3n) is 8.54. The van der Waals surface area contributed by atoms with Crippen molar-refractivity contribution in [2.45, 2.75) is 187 Å². The van der Waals surface area contributed by atoms with Gasteiger partial charge in [0.2, 0.25) is 5.91 Å². The Kier molecular flexibility index (Phi) is 36.7. The van der Waals surface area contributed by atoms with Crippen LogP contribution in [0.25, 0.3) is 0 Å². The van der Waals surface area contributed by atoms with Gasteiger partial charge in [0.05, 0.1) is 13.2 Å². The highest BCUT2D eigenvalue weighted by Crippen LogP contribution is 2.42. The molecule has 0 rings (SSSR count). The summed E-state index contributed by atoms with van der Waals surface area (Å²) >= 11 is 0. The number of carbonyl (C=O) groups is 2. The minimum Gasteiger partial charge on any atom is -0.463 e. The maximum atomic E-state index is 12.1. The number of phosphoric ester groups is 1. The van der Waals surface area contributed by atoms with Crippen LogP contribution in [0.1, 0.15) is 181 Å². The van der Waals surface area contributed by atoms with Crippen molar-refractivity contribution in [2.75, 3.05) is 26.4 Å². The number of nitrogens with one attached hydrogen (secondary N) is 1. The summed E-state index contributed by atoms with van der Waals surface area (Å²) in [5.41, 5.74) is 0. The second kappa shape index (κ2) is 38.0. The first-order valence-electron chi connectivity index (χ1n) is 20.5. The lowest BCUT2D eigenvalue weighted by molar-refractivity contribution is -0.147. The number of ether oxygens (including phenoxy) is 1. The monoisotopic (exact) mass is 742 g/mol. The van der Waals surface area contributed by atoms with Crippen LogP contribution in [0.15, 0.2) is 36.5 Å². The number of aliphatic hydroxyl groups is 1. The SMILES string of the molecule is CCCC/C=C\C/C=C\CCCCCCCC(=O)OCC(O)COP(=O)(O)OCCNC(=O)CCCCCCC/C=C\CCCCCCCCC. The number of esters is 1. The van der Waals surface area contributed by atoms with Crippen LogP contribution < -0.4 is 5.32 Å². The molecule has 0 saturated heterocycles. The summed E-state index contributed by atoms with van der Waals surface area (Å²) < 4.78 is 26.8. The van der Waals surface area contributed by atoms with E-state index >= 15 is 0 Å². The molecule has 0 aliphatic carbocycles. The van der Waals surface area contributed by atoms with E-state index in [1.807, 2.05) is 0 Å². The first-order chi connectivity index (χ1) is 24.8.